The first-order valence-electron chi connectivity index (χ1n) is 6.34. The van der Waals surface area contributed by atoms with Crippen LogP contribution in [0.5, 0.6) is 0 Å². The maximum Gasteiger partial charge on any atom is 0.319 e. The molecule has 1 heterocycles. The van der Waals surface area contributed by atoms with E-state index in [9.17, 15) is 9.59 Å². The maximum absolute atomic E-state index is 11.9. The highest BCUT2D eigenvalue weighted by Gasteiger charge is 2.39. The molecule has 5 nitrogen and oxygen atoms in total. The Labute approximate surface area is 122 Å². The highest BCUT2D eigenvalue weighted by Crippen LogP contribution is 2.24. The fourth-order valence-electron chi connectivity index (χ4n) is 2.16. The van der Waals surface area contributed by atoms with Gasteiger partial charge in [-0.1, -0.05) is 30.7 Å². The summed E-state index contributed by atoms with van der Waals surface area (Å²) in [5.41, 5.74) is 3.83. The summed E-state index contributed by atoms with van der Waals surface area (Å²) in [7, 11) is 0. The Balaban J connectivity index is 2.29. The van der Waals surface area contributed by atoms with Gasteiger partial charge in [-0.3, -0.25) is 9.59 Å². The third kappa shape index (κ3) is 2.82. The third-order valence-electron chi connectivity index (χ3n) is 3.18. The lowest BCUT2D eigenvalue weighted by Gasteiger charge is -2.26. The first-order valence-corrected chi connectivity index (χ1v) is 6.72. The van der Waals surface area contributed by atoms with Gasteiger partial charge in [-0.25, -0.2) is 5.43 Å². The summed E-state index contributed by atoms with van der Waals surface area (Å²) < 4.78 is 4.95. The van der Waals surface area contributed by atoms with Crippen molar-refractivity contribution in [2.24, 2.45) is 16.9 Å². The number of nitrogens with one attached hydrogen (secondary N) is 1. The molecule has 0 spiro atoms. The molecular formula is C14H15ClN2O3. The van der Waals surface area contributed by atoms with Crippen LogP contribution in [0, 0.1) is 11.8 Å². The Morgan fingerprint density at radius 3 is 2.65 bits per heavy atom. The van der Waals surface area contributed by atoms with Crippen molar-refractivity contribution in [3.05, 3.63) is 34.9 Å². The van der Waals surface area contributed by atoms with E-state index in [1.54, 1.807) is 38.1 Å². The van der Waals surface area contributed by atoms with Crippen LogP contribution >= 0.6 is 11.6 Å². The van der Waals surface area contributed by atoms with Gasteiger partial charge >= 0.3 is 5.97 Å². The van der Waals surface area contributed by atoms with Crippen LogP contribution in [0.15, 0.2) is 29.4 Å². The number of halogens is 1. The van der Waals surface area contributed by atoms with Gasteiger partial charge in [-0.05, 0) is 24.6 Å². The van der Waals surface area contributed by atoms with Gasteiger partial charge in [0.15, 0.2) is 0 Å². The van der Waals surface area contributed by atoms with Crippen molar-refractivity contribution < 1.29 is 14.3 Å². The second-order valence-electron chi connectivity index (χ2n) is 4.50. The van der Waals surface area contributed by atoms with Crippen LogP contribution in [0.3, 0.4) is 0 Å². The average molecular weight is 295 g/mol. The molecule has 1 aromatic carbocycles. The fraction of sp³-hybridized carbons (Fsp3) is 0.357. The van der Waals surface area contributed by atoms with Crippen LogP contribution in [0.25, 0.3) is 0 Å². The smallest absolute Gasteiger partial charge is 0.319 e. The molecule has 2 atom stereocenters. The van der Waals surface area contributed by atoms with E-state index in [1.165, 1.54) is 0 Å². The zero-order chi connectivity index (χ0) is 14.7. The summed E-state index contributed by atoms with van der Waals surface area (Å²) in [6.07, 6.45) is 0. The minimum Gasteiger partial charge on any atom is -0.465 e. The number of benzene rings is 1. The molecule has 2 unspecified atom stereocenters. The highest BCUT2D eigenvalue weighted by atomic mass is 35.5. The number of esters is 1. The molecular weight excluding hydrogens is 280 g/mol. The minimum atomic E-state index is -0.877. The van der Waals surface area contributed by atoms with E-state index in [1.807, 2.05) is 0 Å². The fourth-order valence-corrected chi connectivity index (χ4v) is 2.29. The van der Waals surface area contributed by atoms with Gasteiger partial charge in [0, 0.05) is 10.9 Å². The predicted molar refractivity (Wildman–Crippen MR) is 75.4 cm³/mol. The normalized spacial score (nSPS) is 21.9. The molecule has 6 heteroatoms. The van der Waals surface area contributed by atoms with Gasteiger partial charge in [-0.2, -0.15) is 5.10 Å². The predicted octanol–water partition coefficient (Wildman–Crippen LogP) is 1.99. The van der Waals surface area contributed by atoms with Crippen LogP contribution in [0.1, 0.15) is 19.4 Å². The molecule has 0 aromatic heterocycles. The lowest BCUT2D eigenvalue weighted by molar-refractivity contribution is -0.153. The number of amides is 1. The molecule has 1 amide bonds. The summed E-state index contributed by atoms with van der Waals surface area (Å²) in [6, 6.07) is 7.08. The number of hydrogen-bond donors (Lipinski definition) is 1. The van der Waals surface area contributed by atoms with Gasteiger partial charge in [0.25, 0.3) is 5.91 Å². The number of ether oxygens (including phenoxy) is 1. The number of nitrogens with zero attached hydrogens (tertiary/aromatic N) is 1. The molecule has 0 bridgehead atoms. The number of carbonyl (C=O) groups excluding carboxylic acids is 2. The van der Waals surface area contributed by atoms with Crippen molar-refractivity contribution >= 4 is 29.2 Å². The Morgan fingerprint density at radius 1 is 1.40 bits per heavy atom. The Hall–Kier alpha value is -1.88. The molecule has 0 aliphatic carbocycles. The van der Waals surface area contributed by atoms with Crippen molar-refractivity contribution in [2.75, 3.05) is 6.61 Å². The molecule has 1 aromatic rings. The van der Waals surface area contributed by atoms with Gasteiger partial charge in [-0.15, -0.1) is 0 Å². The van der Waals surface area contributed by atoms with Crippen molar-refractivity contribution in [2.45, 2.75) is 13.8 Å². The van der Waals surface area contributed by atoms with E-state index in [-0.39, 0.29) is 12.5 Å². The average Bonchev–Trinajstić information content (AvgIpc) is 2.41. The van der Waals surface area contributed by atoms with E-state index in [0.717, 1.165) is 5.56 Å². The monoisotopic (exact) mass is 294 g/mol. The number of carbonyl (C=O) groups is 2. The number of rotatable bonds is 3. The molecule has 0 saturated carbocycles. The largest absolute Gasteiger partial charge is 0.465 e. The summed E-state index contributed by atoms with van der Waals surface area (Å²) in [6.45, 7) is 3.73. The van der Waals surface area contributed by atoms with Gasteiger partial charge in [0.2, 0.25) is 0 Å². The van der Waals surface area contributed by atoms with Crippen LogP contribution in [0.2, 0.25) is 5.02 Å². The molecule has 0 fully saturated rings. The number of hydrogen-bond acceptors (Lipinski definition) is 4. The SMILES string of the molecule is CCOC(=O)C1C(=O)NN=C(c2ccc(Cl)cc2)C1C. The summed E-state index contributed by atoms with van der Waals surface area (Å²) >= 11 is 5.85. The van der Waals surface area contributed by atoms with Crippen molar-refractivity contribution in [3.63, 3.8) is 0 Å². The van der Waals surface area contributed by atoms with Crippen molar-refractivity contribution in [1.29, 1.82) is 0 Å². The second kappa shape index (κ2) is 6.05. The van der Waals surface area contributed by atoms with E-state index in [2.05, 4.69) is 10.5 Å². The maximum atomic E-state index is 11.9. The van der Waals surface area contributed by atoms with Crippen LogP contribution < -0.4 is 5.43 Å². The molecule has 0 radical (unpaired) electrons. The number of hydrazone groups is 1. The van der Waals surface area contributed by atoms with E-state index in [0.29, 0.717) is 10.7 Å². The van der Waals surface area contributed by atoms with Gasteiger partial charge in [0.1, 0.15) is 5.92 Å². The van der Waals surface area contributed by atoms with Crippen molar-refractivity contribution in [1.82, 2.24) is 5.43 Å². The molecule has 106 valence electrons. The van der Waals surface area contributed by atoms with Crippen molar-refractivity contribution in [3.8, 4) is 0 Å². The lowest BCUT2D eigenvalue weighted by atomic mass is 9.85. The van der Waals surface area contributed by atoms with Gasteiger partial charge < -0.3 is 4.74 Å². The summed E-state index contributed by atoms with van der Waals surface area (Å²) in [4.78, 5) is 23.7. The molecule has 1 N–H and O–H groups in total. The van der Waals surface area contributed by atoms with E-state index < -0.39 is 17.8 Å². The quantitative estimate of drug-likeness (QED) is 0.685. The summed E-state index contributed by atoms with van der Waals surface area (Å²) in [5.74, 6) is -2.20. The standard InChI is InChI=1S/C14H15ClN2O3/c1-3-20-14(19)11-8(2)12(16-17-13(11)18)9-4-6-10(15)7-5-9/h4-8,11H,3H2,1-2H3,(H,17,18). The molecule has 20 heavy (non-hydrogen) atoms. The van der Waals surface area contributed by atoms with Crippen LogP contribution in [-0.4, -0.2) is 24.2 Å². The van der Waals surface area contributed by atoms with E-state index in [4.69, 9.17) is 16.3 Å². The van der Waals surface area contributed by atoms with Crippen LogP contribution in [0.4, 0.5) is 0 Å². The second-order valence-corrected chi connectivity index (χ2v) is 4.93. The lowest BCUT2D eigenvalue weighted by Crippen LogP contribution is -2.45. The first kappa shape index (κ1) is 14.5. The topological polar surface area (TPSA) is 67.8 Å². The zero-order valence-electron chi connectivity index (χ0n) is 11.2. The summed E-state index contributed by atoms with van der Waals surface area (Å²) in [5, 5.41) is 4.67. The first-order chi connectivity index (χ1) is 9.54. The highest BCUT2D eigenvalue weighted by molar-refractivity contribution is 6.30. The Morgan fingerprint density at radius 2 is 2.05 bits per heavy atom. The van der Waals surface area contributed by atoms with Gasteiger partial charge in [0.05, 0.1) is 12.3 Å². The Kier molecular flexibility index (Phi) is 4.39. The minimum absolute atomic E-state index is 0.239. The Bertz CT molecular complexity index is 554. The molecule has 1 aliphatic rings. The van der Waals surface area contributed by atoms with E-state index >= 15 is 0 Å². The molecule has 1 aliphatic heterocycles. The molecule has 0 saturated heterocycles. The van der Waals surface area contributed by atoms with Crippen LogP contribution in [-0.2, 0) is 14.3 Å². The third-order valence-corrected chi connectivity index (χ3v) is 3.43. The zero-order valence-corrected chi connectivity index (χ0v) is 12.0. The molecule has 2 rings (SSSR count).